The van der Waals surface area contributed by atoms with Crippen molar-refractivity contribution in [3.63, 3.8) is 0 Å². The number of nitrogens with zero attached hydrogens (tertiary/aromatic N) is 1. The predicted molar refractivity (Wildman–Crippen MR) is 30.0 cm³/mol. The maximum Gasteiger partial charge on any atom is 0.468 e. The minimum Gasteiger partial charge on any atom is -0.441 e. The standard InChI is InChI=1S/C5H3F3N2O2/c6-5(7,8)4-10-2(1-12-4)3(9)11/h1H,(H2,9,11). The Hall–Kier alpha value is -1.53. The number of alkyl halides is 3. The molecule has 0 radical (unpaired) electrons. The van der Waals surface area contributed by atoms with Crippen LogP contribution in [-0.4, -0.2) is 10.9 Å². The van der Waals surface area contributed by atoms with E-state index < -0.39 is 23.7 Å². The number of nitrogens with two attached hydrogens (primary N) is 1. The van der Waals surface area contributed by atoms with E-state index in [1.165, 1.54) is 0 Å². The fourth-order valence-electron chi connectivity index (χ4n) is 0.517. The van der Waals surface area contributed by atoms with E-state index in [-0.39, 0.29) is 0 Å². The van der Waals surface area contributed by atoms with Crippen LogP contribution in [0.4, 0.5) is 13.2 Å². The SMILES string of the molecule is NC(=O)c1coc(C(F)(F)F)n1. The highest BCUT2D eigenvalue weighted by Gasteiger charge is 2.37. The van der Waals surface area contributed by atoms with Crippen molar-refractivity contribution in [2.45, 2.75) is 6.18 Å². The number of hydrogen-bond donors (Lipinski definition) is 1. The lowest BCUT2D eigenvalue weighted by Crippen LogP contribution is -2.12. The molecule has 1 heterocycles. The molecule has 0 unspecified atom stereocenters. The maximum atomic E-state index is 11.8. The second kappa shape index (κ2) is 2.50. The van der Waals surface area contributed by atoms with Gasteiger partial charge in [0.15, 0.2) is 5.69 Å². The summed E-state index contributed by atoms with van der Waals surface area (Å²) < 4.78 is 39.2. The first kappa shape index (κ1) is 8.57. The molecular formula is C5H3F3N2O2. The zero-order valence-electron chi connectivity index (χ0n) is 5.55. The molecule has 2 N–H and O–H groups in total. The summed E-state index contributed by atoms with van der Waals surface area (Å²) in [6.07, 6.45) is -4.13. The lowest BCUT2D eigenvalue weighted by Gasteiger charge is -1.96. The highest BCUT2D eigenvalue weighted by molar-refractivity contribution is 5.90. The van der Waals surface area contributed by atoms with Gasteiger partial charge in [-0.05, 0) is 0 Å². The summed E-state index contributed by atoms with van der Waals surface area (Å²) in [5, 5.41) is 0. The Balaban J connectivity index is 3.00. The second-order valence-corrected chi connectivity index (χ2v) is 1.90. The van der Waals surface area contributed by atoms with Crippen LogP contribution in [0.3, 0.4) is 0 Å². The molecule has 12 heavy (non-hydrogen) atoms. The first-order chi connectivity index (χ1) is 5.41. The number of primary amides is 1. The second-order valence-electron chi connectivity index (χ2n) is 1.90. The number of hydrogen-bond acceptors (Lipinski definition) is 3. The zero-order chi connectivity index (χ0) is 9.35. The van der Waals surface area contributed by atoms with Crippen LogP contribution in [0.15, 0.2) is 10.7 Å². The zero-order valence-corrected chi connectivity index (χ0v) is 5.55. The van der Waals surface area contributed by atoms with Crippen molar-refractivity contribution in [3.05, 3.63) is 17.8 Å². The van der Waals surface area contributed by atoms with Gasteiger partial charge in [0.1, 0.15) is 6.26 Å². The van der Waals surface area contributed by atoms with Crippen molar-refractivity contribution in [2.24, 2.45) is 5.73 Å². The summed E-state index contributed by atoms with van der Waals surface area (Å²) in [5.74, 6) is -2.54. The third kappa shape index (κ3) is 1.55. The van der Waals surface area contributed by atoms with Gasteiger partial charge in [-0.1, -0.05) is 0 Å². The van der Waals surface area contributed by atoms with Crippen LogP contribution in [0.5, 0.6) is 0 Å². The molecule has 1 amide bonds. The lowest BCUT2D eigenvalue weighted by molar-refractivity contribution is -0.157. The molecular weight excluding hydrogens is 177 g/mol. The molecule has 0 spiro atoms. The van der Waals surface area contributed by atoms with E-state index in [0.717, 1.165) is 0 Å². The summed E-state index contributed by atoms with van der Waals surface area (Å²) >= 11 is 0. The molecule has 0 saturated carbocycles. The monoisotopic (exact) mass is 180 g/mol. The van der Waals surface area contributed by atoms with Gasteiger partial charge in [-0.15, -0.1) is 0 Å². The summed E-state index contributed by atoms with van der Waals surface area (Å²) in [7, 11) is 0. The smallest absolute Gasteiger partial charge is 0.441 e. The van der Waals surface area contributed by atoms with Crippen LogP contribution >= 0.6 is 0 Å². The summed E-state index contributed by atoms with van der Waals surface area (Å²) in [6.45, 7) is 0. The summed E-state index contributed by atoms with van der Waals surface area (Å²) in [4.78, 5) is 13.1. The molecule has 1 aromatic rings. The van der Waals surface area contributed by atoms with Crippen molar-refractivity contribution in [1.29, 1.82) is 0 Å². The van der Waals surface area contributed by atoms with Crippen LogP contribution in [0.2, 0.25) is 0 Å². The topological polar surface area (TPSA) is 69.1 Å². The largest absolute Gasteiger partial charge is 0.468 e. The van der Waals surface area contributed by atoms with Gasteiger partial charge in [-0.3, -0.25) is 4.79 Å². The van der Waals surface area contributed by atoms with Crippen LogP contribution < -0.4 is 5.73 Å². The molecule has 0 aromatic carbocycles. The van der Waals surface area contributed by atoms with Crippen LogP contribution in [0.1, 0.15) is 16.4 Å². The Morgan fingerprint density at radius 1 is 1.58 bits per heavy atom. The fraction of sp³-hybridized carbons (Fsp3) is 0.200. The van der Waals surface area contributed by atoms with Gasteiger partial charge in [-0.25, -0.2) is 4.98 Å². The quantitative estimate of drug-likeness (QED) is 0.694. The van der Waals surface area contributed by atoms with Crippen LogP contribution in [0, 0.1) is 0 Å². The summed E-state index contributed by atoms with van der Waals surface area (Å²) in [6, 6.07) is 0. The maximum absolute atomic E-state index is 11.8. The molecule has 0 saturated heterocycles. The van der Waals surface area contributed by atoms with Crippen LogP contribution in [-0.2, 0) is 6.18 Å². The normalized spacial score (nSPS) is 11.6. The number of oxazole rings is 1. The predicted octanol–water partition coefficient (Wildman–Crippen LogP) is 0.792. The molecule has 1 rings (SSSR count). The molecule has 4 nitrogen and oxygen atoms in total. The van der Waals surface area contributed by atoms with Gasteiger partial charge < -0.3 is 10.2 Å². The molecule has 0 aliphatic heterocycles. The van der Waals surface area contributed by atoms with Gasteiger partial charge in [0.25, 0.3) is 5.91 Å². The van der Waals surface area contributed by atoms with E-state index >= 15 is 0 Å². The number of halogens is 3. The average molecular weight is 180 g/mol. The molecule has 0 aliphatic carbocycles. The van der Waals surface area contributed by atoms with Crippen molar-refractivity contribution in [2.75, 3.05) is 0 Å². The Bertz CT molecular complexity index is 304. The minimum atomic E-state index is -4.69. The molecule has 1 aromatic heterocycles. The molecule has 7 heteroatoms. The first-order valence-corrected chi connectivity index (χ1v) is 2.74. The highest BCUT2D eigenvalue weighted by atomic mass is 19.4. The average Bonchev–Trinajstić information content (AvgIpc) is 2.30. The van der Waals surface area contributed by atoms with Crippen molar-refractivity contribution < 1.29 is 22.4 Å². The fourth-order valence-corrected chi connectivity index (χ4v) is 0.517. The number of rotatable bonds is 1. The number of aromatic nitrogens is 1. The Morgan fingerprint density at radius 3 is 2.42 bits per heavy atom. The van der Waals surface area contributed by atoms with Gasteiger partial charge in [-0.2, -0.15) is 13.2 Å². The Kier molecular flexibility index (Phi) is 1.79. The first-order valence-electron chi connectivity index (χ1n) is 2.74. The van der Waals surface area contributed by atoms with E-state index in [1.54, 1.807) is 0 Å². The van der Waals surface area contributed by atoms with Gasteiger partial charge in [0, 0.05) is 0 Å². The van der Waals surface area contributed by atoms with Crippen molar-refractivity contribution in [1.82, 2.24) is 4.98 Å². The molecule has 0 aliphatic rings. The van der Waals surface area contributed by atoms with E-state index in [2.05, 4.69) is 15.1 Å². The van der Waals surface area contributed by atoms with Crippen molar-refractivity contribution >= 4 is 5.91 Å². The van der Waals surface area contributed by atoms with Crippen LogP contribution in [0.25, 0.3) is 0 Å². The lowest BCUT2D eigenvalue weighted by atomic mass is 10.5. The molecule has 0 fully saturated rings. The summed E-state index contributed by atoms with van der Waals surface area (Å²) in [5.41, 5.74) is 4.10. The Labute approximate surface area is 64.2 Å². The Morgan fingerprint density at radius 2 is 2.17 bits per heavy atom. The highest BCUT2D eigenvalue weighted by Crippen LogP contribution is 2.27. The van der Waals surface area contributed by atoms with Gasteiger partial charge >= 0.3 is 12.1 Å². The van der Waals surface area contributed by atoms with E-state index in [4.69, 9.17) is 0 Å². The third-order valence-corrected chi connectivity index (χ3v) is 0.999. The number of amides is 1. The van der Waals surface area contributed by atoms with Gasteiger partial charge in [0.05, 0.1) is 0 Å². The van der Waals surface area contributed by atoms with E-state index in [0.29, 0.717) is 6.26 Å². The molecule has 0 atom stereocenters. The molecule has 66 valence electrons. The number of carbonyl (C=O) groups is 1. The number of carbonyl (C=O) groups excluding carboxylic acids is 1. The van der Waals surface area contributed by atoms with Crippen molar-refractivity contribution in [3.8, 4) is 0 Å². The minimum absolute atomic E-state index is 0.540. The van der Waals surface area contributed by atoms with Gasteiger partial charge in [0.2, 0.25) is 0 Å². The van der Waals surface area contributed by atoms with E-state index in [1.807, 2.05) is 0 Å². The third-order valence-electron chi connectivity index (χ3n) is 0.999. The molecule has 0 bridgehead atoms. The van der Waals surface area contributed by atoms with E-state index in [9.17, 15) is 18.0 Å².